The normalized spacial score (nSPS) is 17.2. The number of hydrogen-bond acceptors (Lipinski definition) is 1. The van der Waals surface area contributed by atoms with Gasteiger partial charge in [0.1, 0.15) is 11.6 Å². The highest BCUT2D eigenvalue weighted by atomic mass is 19.1. The third-order valence-corrected chi connectivity index (χ3v) is 3.46. The summed E-state index contributed by atoms with van der Waals surface area (Å²) in [4.78, 5) is 0. The van der Waals surface area contributed by atoms with Gasteiger partial charge in [-0.15, -0.1) is 0 Å². The van der Waals surface area contributed by atoms with Crippen molar-refractivity contribution in [3.05, 3.63) is 35.7 Å². The van der Waals surface area contributed by atoms with E-state index in [0.29, 0.717) is 11.7 Å². The van der Waals surface area contributed by atoms with Gasteiger partial charge in [0, 0.05) is 6.07 Å². The largest absolute Gasteiger partial charge is 0.493 e. The molecule has 1 saturated carbocycles. The fraction of sp³-hybridized carbons (Fsp3) is 0.500. The van der Waals surface area contributed by atoms with Crippen molar-refractivity contribution in [3.63, 3.8) is 0 Å². The van der Waals surface area contributed by atoms with Crippen molar-refractivity contribution in [2.24, 2.45) is 5.92 Å². The van der Waals surface area contributed by atoms with Gasteiger partial charge in [0.25, 0.3) is 0 Å². The van der Waals surface area contributed by atoms with Crippen molar-refractivity contribution in [2.75, 3.05) is 6.61 Å². The van der Waals surface area contributed by atoms with Crippen molar-refractivity contribution < 1.29 is 9.13 Å². The van der Waals surface area contributed by atoms with Crippen LogP contribution in [0.25, 0.3) is 6.08 Å². The second-order valence-corrected chi connectivity index (χ2v) is 5.04. The number of allylic oxidation sites excluding steroid dienone is 1. The van der Waals surface area contributed by atoms with Crippen LogP contribution in [0.1, 0.15) is 44.6 Å². The molecule has 2 heteroatoms. The average Bonchev–Trinajstić information content (AvgIpc) is 2.37. The number of halogens is 1. The first kappa shape index (κ1) is 13.1. The molecule has 0 saturated heterocycles. The third-order valence-electron chi connectivity index (χ3n) is 3.46. The molecule has 0 spiro atoms. The molecule has 1 nitrogen and oxygen atoms in total. The van der Waals surface area contributed by atoms with E-state index < -0.39 is 0 Å². The van der Waals surface area contributed by atoms with E-state index in [1.165, 1.54) is 44.2 Å². The van der Waals surface area contributed by atoms with Gasteiger partial charge in [0.15, 0.2) is 0 Å². The Morgan fingerprint density at radius 2 is 2.00 bits per heavy atom. The first-order chi connectivity index (χ1) is 8.78. The van der Waals surface area contributed by atoms with Crippen LogP contribution in [0, 0.1) is 11.7 Å². The standard InChI is InChI=1S/C16H21FO/c1-2-6-14-9-15(17)11-16(10-14)18-12-13-7-4-3-5-8-13/h2,6,9-11,13H,3-5,7-8,12H2,1H3/b6-2+. The molecular weight excluding hydrogens is 227 g/mol. The fourth-order valence-electron chi connectivity index (χ4n) is 2.52. The van der Waals surface area contributed by atoms with Gasteiger partial charge < -0.3 is 4.74 Å². The minimum Gasteiger partial charge on any atom is -0.493 e. The van der Waals surface area contributed by atoms with E-state index in [-0.39, 0.29) is 5.82 Å². The van der Waals surface area contributed by atoms with E-state index >= 15 is 0 Å². The lowest BCUT2D eigenvalue weighted by molar-refractivity contribution is 0.208. The molecule has 0 aromatic heterocycles. The zero-order chi connectivity index (χ0) is 12.8. The van der Waals surface area contributed by atoms with Crippen molar-refractivity contribution in [3.8, 4) is 5.75 Å². The van der Waals surface area contributed by atoms with Crippen molar-refractivity contribution in [2.45, 2.75) is 39.0 Å². The molecule has 1 aliphatic rings. The zero-order valence-corrected chi connectivity index (χ0v) is 11.0. The molecule has 2 rings (SSSR count). The van der Waals surface area contributed by atoms with Gasteiger partial charge in [-0.1, -0.05) is 31.4 Å². The Bertz CT molecular complexity index is 406. The van der Waals surface area contributed by atoms with Crippen molar-refractivity contribution in [1.29, 1.82) is 0 Å². The molecule has 0 N–H and O–H groups in total. The molecule has 1 fully saturated rings. The van der Waals surface area contributed by atoms with E-state index in [1.807, 2.05) is 25.1 Å². The summed E-state index contributed by atoms with van der Waals surface area (Å²) in [5.74, 6) is 1.06. The SMILES string of the molecule is C/C=C/c1cc(F)cc(OCC2CCCCC2)c1. The maximum atomic E-state index is 13.4. The molecule has 0 radical (unpaired) electrons. The Kier molecular flexibility index (Phi) is 4.80. The minimum absolute atomic E-state index is 0.232. The average molecular weight is 248 g/mol. The van der Waals surface area contributed by atoms with Crippen LogP contribution in [0.3, 0.4) is 0 Å². The van der Waals surface area contributed by atoms with E-state index in [2.05, 4.69) is 0 Å². The Morgan fingerprint density at radius 1 is 1.22 bits per heavy atom. The first-order valence-electron chi connectivity index (χ1n) is 6.84. The monoisotopic (exact) mass is 248 g/mol. The Hall–Kier alpha value is -1.31. The van der Waals surface area contributed by atoms with E-state index in [0.717, 1.165) is 12.2 Å². The molecule has 1 aromatic carbocycles. The van der Waals surface area contributed by atoms with Crippen LogP contribution in [-0.4, -0.2) is 6.61 Å². The van der Waals surface area contributed by atoms with Gasteiger partial charge in [-0.05, 0) is 43.4 Å². The summed E-state index contributed by atoms with van der Waals surface area (Å²) >= 11 is 0. The minimum atomic E-state index is -0.232. The van der Waals surface area contributed by atoms with Crippen LogP contribution in [0.2, 0.25) is 0 Å². The molecule has 1 aliphatic carbocycles. The molecule has 0 atom stereocenters. The lowest BCUT2D eigenvalue weighted by Gasteiger charge is -2.21. The lowest BCUT2D eigenvalue weighted by Crippen LogP contribution is -2.15. The van der Waals surface area contributed by atoms with Gasteiger partial charge in [-0.3, -0.25) is 0 Å². The van der Waals surface area contributed by atoms with Crippen LogP contribution < -0.4 is 4.74 Å². The second kappa shape index (κ2) is 6.58. The Morgan fingerprint density at radius 3 is 2.72 bits per heavy atom. The predicted octanol–water partition coefficient (Wildman–Crippen LogP) is 4.82. The third kappa shape index (κ3) is 3.86. The Balaban J connectivity index is 1.95. The topological polar surface area (TPSA) is 9.23 Å². The molecule has 0 heterocycles. The number of ether oxygens (including phenoxy) is 1. The van der Waals surface area contributed by atoms with Crippen molar-refractivity contribution in [1.82, 2.24) is 0 Å². The van der Waals surface area contributed by atoms with Gasteiger partial charge in [0.2, 0.25) is 0 Å². The number of benzene rings is 1. The summed E-state index contributed by atoms with van der Waals surface area (Å²) in [7, 11) is 0. The molecule has 18 heavy (non-hydrogen) atoms. The summed E-state index contributed by atoms with van der Waals surface area (Å²) in [6, 6.07) is 4.88. The summed E-state index contributed by atoms with van der Waals surface area (Å²) in [6.45, 7) is 2.65. The van der Waals surface area contributed by atoms with Gasteiger partial charge in [-0.2, -0.15) is 0 Å². The molecule has 0 bridgehead atoms. The highest BCUT2D eigenvalue weighted by Crippen LogP contribution is 2.25. The van der Waals surface area contributed by atoms with Gasteiger partial charge in [-0.25, -0.2) is 4.39 Å². The quantitative estimate of drug-likeness (QED) is 0.742. The highest BCUT2D eigenvalue weighted by molar-refractivity contribution is 5.51. The summed E-state index contributed by atoms with van der Waals surface area (Å²) in [6.07, 6.45) is 10.2. The van der Waals surface area contributed by atoms with Crippen molar-refractivity contribution >= 4 is 6.08 Å². The lowest BCUT2D eigenvalue weighted by atomic mass is 9.90. The van der Waals surface area contributed by atoms with Crippen LogP contribution in [-0.2, 0) is 0 Å². The maximum Gasteiger partial charge on any atom is 0.127 e. The van der Waals surface area contributed by atoms with Crippen LogP contribution in [0.4, 0.5) is 4.39 Å². The zero-order valence-electron chi connectivity index (χ0n) is 11.0. The molecule has 0 unspecified atom stereocenters. The van der Waals surface area contributed by atoms with Crippen LogP contribution in [0.15, 0.2) is 24.3 Å². The first-order valence-corrected chi connectivity index (χ1v) is 6.84. The molecule has 0 amide bonds. The van der Waals surface area contributed by atoms with Crippen LogP contribution in [0.5, 0.6) is 5.75 Å². The number of hydrogen-bond donors (Lipinski definition) is 0. The summed E-state index contributed by atoms with van der Waals surface area (Å²) < 4.78 is 19.1. The van der Waals surface area contributed by atoms with Crippen LogP contribution >= 0.6 is 0 Å². The second-order valence-electron chi connectivity index (χ2n) is 5.04. The predicted molar refractivity (Wildman–Crippen MR) is 73.2 cm³/mol. The maximum absolute atomic E-state index is 13.4. The fourth-order valence-corrected chi connectivity index (χ4v) is 2.52. The number of rotatable bonds is 4. The summed E-state index contributed by atoms with van der Waals surface area (Å²) in [5, 5.41) is 0. The molecule has 0 aliphatic heterocycles. The smallest absolute Gasteiger partial charge is 0.127 e. The van der Waals surface area contributed by atoms with E-state index in [1.54, 1.807) is 0 Å². The van der Waals surface area contributed by atoms with Gasteiger partial charge >= 0.3 is 0 Å². The summed E-state index contributed by atoms with van der Waals surface area (Å²) in [5.41, 5.74) is 0.858. The molecule has 1 aromatic rings. The van der Waals surface area contributed by atoms with Gasteiger partial charge in [0.05, 0.1) is 6.61 Å². The molecular formula is C16H21FO. The van der Waals surface area contributed by atoms with E-state index in [4.69, 9.17) is 4.74 Å². The Labute approximate surface area is 109 Å². The highest BCUT2D eigenvalue weighted by Gasteiger charge is 2.14. The van der Waals surface area contributed by atoms with E-state index in [9.17, 15) is 4.39 Å². The molecule has 98 valence electrons.